The lowest BCUT2D eigenvalue weighted by atomic mass is 10.3. The van der Waals surface area contributed by atoms with Gasteiger partial charge in [0.25, 0.3) is 0 Å². The van der Waals surface area contributed by atoms with E-state index in [0.29, 0.717) is 16.5 Å². The van der Waals surface area contributed by atoms with E-state index in [1.165, 1.54) is 4.63 Å². The molecule has 7 heteroatoms. The molecule has 0 atom stereocenters. The monoisotopic (exact) mass is 444 g/mol. The van der Waals surface area contributed by atoms with E-state index in [-0.39, 0.29) is 12.8 Å². The topological polar surface area (TPSA) is 72.3 Å². The molecule has 33 heavy (non-hydrogen) atoms. The summed E-state index contributed by atoms with van der Waals surface area (Å²) < 4.78 is 6.20. The molecule has 0 radical (unpaired) electrons. The molecule has 2 aromatic heterocycles. The minimum Gasteiger partial charge on any atom is -0.371 e. The van der Waals surface area contributed by atoms with Gasteiger partial charge in [-0.2, -0.15) is 4.63 Å². The van der Waals surface area contributed by atoms with Crippen LogP contribution in [0.15, 0.2) is 0 Å². The Balaban J connectivity index is 1.71. The molecule has 0 amide bonds. The second-order valence-electron chi connectivity index (χ2n) is 5.41. The zero-order valence-electron chi connectivity index (χ0n) is 17.0. The Hall–Kier alpha value is -5.52. The van der Waals surface area contributed by atoms with E-state index in [4.69, 9.17) is 22.8 Å². The first-order chi connectivity index (χ1) is 16.1. The number of H-pyrrole nitrogens is 1. The normalized spacial score (nSPS) is 7.30. The number of rotatable bonds is 3. The van der Waals surface area contributed by atoms with Gasteiger partial charge in [-0.05, 0) is 54.3 Å². The van der Waals surface area contributed by atoms with Gasteiger partial charge in [-0.1, -0.05) is 11.6 Å². The van der Waals surface area contributed by atoms with E-state index in [0.717, 1.165) is 5.69 Å². The molecule has 0 aromatic carbocycles. The van der Waals surface area contributed by atoms with Crippen LogP contribution in [0.25, 0.3) is 5.65 Å². The summed E-state index contributed by atoms with van der Waals surface area (Å²) in [5, 5.41) is 7.62. The van der Waals surface area contributed by atoms with Crippen molar-refractivity contribution in [3.05, 3.63) is 16.5 Å². The van der Waals surface area contributed by atoms with Crippen LogP contribution in [0.5, 0.6) is 0 Å². The maximum absolute atomic E-state index is 11.7. The average Bonchev–Trinajstić information content (AvgIpc) is 3.32. The number of halogens is 1. The van der Waals surface area contributed by atoms with Crippen LogP contribution in [-0.4, -0.2) is 25.8 Å². The molecule has 2 rings (SSSR count). The predicted molar refractivity (Wildman–Crippen MR) is 123 cm³/mol. The minimum atomic E-state index is -0.532. The van der Waals surface area contributed by atoms with Gasteiger partial charge in [0.05, 0.1) is 12.1 Å². The quantitative estimate of drug-likeness (QED) is 0.569. The number of nitrogens with one attached hydrogen (secondary N) is 1. The van der Waals surface area contributed by atoms with E-state index in [1.54, 1.807) is 0 Å². The van der Waals surface area contributed by atoms with Crippen molar-refractivity contribution >= 4 is 23.2 Å². The van der Waals surface area contributed by atoms with E-state index >= 15 is 0 Å². The lowest BCUT2D eigenvalue weighted by Gasteiger charge is -1.93. The van der Waals surface area contributed by atoms with Crippen molar-refractivity contribution in [1.82, 2.24) is 19.8 Å². The fraction of sp³-hybridized carbons (Fsp3) is 0.115. The second-order valence-corrected chi connectivity index (χ2v) is 5.79. The van der Waals surface area contributed by atoms with Gasteiger partial charge in [0.15, 0.2) is 11.5 Å². The minimum absolute atomic E-state index is 0.0547. The molecule has 0 aliphatic rings. The maximum Gasteiger partial charge on any atom is 0.320 e. The number of hydrogen-bond donors (Lipinski definition) is 1. The van der Waals surface area contributed by atoms with Gasteiger partial charge in [-0.3, -0.25) is 9.89 Å². The number of hydrogen-bond acceptors (Lipinski definition) is 4. The highest BCUT2D eigenvalue weighted by atomic mass is 35.5. The van der Waals surface area contributed by atoms with Crippen LogP contribution >= 0.6 is 11.6 Å². The number of ether oxygens (including phenoxy) is 1. The number of aryl methyl sites for hydroxylation is 2. The van der Waals surface area contributed by atoms with E-state index in [9.17, 15) is 4.79 Å². The molecular weight excluding hydrogens is 436 g/mol. The number of aromatic amines is 1. The van der Waals surface area contributed by atoms with Gasteiger partial charge < -0.3 is 4.74 Å². The third-order valence-corrected chi connectivity index (χ3v) is 3.62. The van der Waals surface area contributed by atoms with Gasteiger partial charge in [-0.25, -0.2) is 4.98 Å². The van der Waals surface area contributed by atoms with E-state index in [1.807, 2.05) is 6.92 Å². The number of terminal acetylenes is 1. The number of carbonyl (C=O) groups excluding carboxylic acids is 1. The van der Waals surface area contributed by atoms with Crippen LogP contribution in [0.1, 0.15) is 17.9 Å². The molecule has 1 N–H and O–H groups in total. The molecule has 0 unspecified atom stereocenters. The predicted octanol–water partition coefficient (Wildman–Crippen LogP) is 1.11. The molecule has 152 valence electrons. The fourth-order valence-corrected chi connectivity index (χ4v) is 2.04. The number of esters is 1. The SMILES string of the molecule is C#CC#CC#CC#CC#CC#CC#CC#CC#COC(=O)CCc1nc2c(Cl)c(C)[nH]n2n1. The first-order valence-electron chi connectivity index (χ1n) is 8.87. The zero-order chi connectivity index (χ0) is 23.7. The molecule has 0 saturated heterocycles. The first-order valence-corrected chi connectivity index (χ1v) is 9.24. The smallest absolute Gasteiger partial charge is 0.320 e. The van der Waals surface area contributed by atoms with Crippen LogP contribution in [0.4, 0.5) is 0 Å². The molecule has 2 aromatic rings. The first kappa shape index (κ1) is 23.8. The van der Waals surface area contributed by atoms with Gasteiger partial charge >= 0.3 is 5.97 Å². The summed E-state index contributed by atoms with van der Waals surface area (Å²) in [6.07, 6.45) is 7.45. The van der Waals surface area contributed by atoms with Gasteiger partial charge in [0, 0.05) is 53.8 Å². The fourth-order valence-electron chi connectivity index (χ4n) is 1.87. The average molecular weight is 445 g/mol. The highest BCUT2D eigenvalue weighted by molar-refractivity contribution is 6.34. The Morgan fingerprint density at radius 3 is 1.97 bits per heavy atom. The van der Waals surface area contributed by atoms with Crippen molar-refractivity contribution in [3.8, 4) is 107 Å². The molecule has 2 heterocycles. The molecule has 0 spiro atoms. The van der Waals surface area contributed by atoms with Crippen LogP contribution in [0.2, 0.25) is 5.02 Å². The summed E-state index contributed by atoms with van der Waals surface area (Å²) in [6, 6.07) is 0. The van der Waals surface area contributed by atoms with Crippen LogP contribution < -0.4 is 0 Å². The van der Waals surface area contributed by atoms with Crippen molar-refractivity contribution in [2.24, 2.45) is 0 Å². The highest BCUT2D eigenvalue weighted by Crippen LogP contribution is 2.19. The molecule has 0 saturated carbocycles. The molecule has 6 nitrogen and oxygen atoms in total. The molecule has 0 bridgehead atoms. The van der Waals surface area contributed by atoms with Crippen molar-refractivity contribution in [2.45, 2.75) is 19.8 Å². The Bertz CT molecular complexity index is 1640. The Kier molecular flexibility index (Phi) is 9.83. The Morgan fingerprint density at radius 1 is 0.939 bits per heavy atom. The van der Waals surface area contributed by atoms with Crippen LogP contribution in [0.3, 0.4) is 0 Å². The van der Waals surface area contributed by atoms with Crippen molar-refractivity contribution in [1.29, 1.82) is 0 Å². The zero-order valence-corrected chi connectivity index (χ0v) is 17.8. The summed E-state index contributed by atoms with van der Waals surface area (Å²) in [5.41, 5.74) is 1.27. The summed E-state index contributed by atoms with van der Waals surface area (Å²) in [4.78, 5) is 15.9. The molecule has 0 fully saturated rings. The van der Waals surface area contributed by atoms with Crippen molar-refractivity contribution < 1.29 is 9.53 Å². The molecular formula is C26H9ClN4O2. The van der Waals surface area contributed by atoms with Crippen LogP contribution in [0, 0.1) is 114 Å². The summed E-state index contributed by atoms with van der Waals surface area (Å²) in [5.74, 6) is 38.6. The van der Waals surface area contributed by atoms with E-state index in [2.05, 4.69) is 116 Å². The third kappa shape index (κ3) is 8.79. The largest absolute Gasteiger partial charge is 0.371 e. The van der Waals surface area contributed by atoms with Gasteiger partial charge in [0.2, 0.25) is 0 Å². The third-order valence-electron chi connectivity index (χ3n) is 3.17. The van der Waals surface area contributed by atoms with E-state index < -0.39 is 5.97 Å². The van der Waals surface area contributed by atoms with Gasteiger partial charge in [-0.15, -0.1) is 11.5 Å². The highest BCUT2D eigenvalue weighted by Gasteiger charge is 2.13. The van der Waals surface area contributed by atoms with Crippen molar-refractivity contribution in [2.75, 3.05) is 0 Å². The Morgan fingerprint density at radius 2 is 1.45 bits per heavy atom. The van der Waals surface area contributed by atoms with Crippen molar-refractivity contribution in [3.63, 3.8) is 0 Å². The number of aromatic nitrogens is 4. The lowest BCUT2D eigenvalue weighted by molar-refractivity contribution is -0.136. The summed E-state index contributed by atoms with van der Waals surface area (Å²) >= 11 is 6.09. The summed E-state index contributed by atoms with van der Waals surface area (Å²) in [7, 11) is 0. The Labute approximate surface area is 196 Å². The maximum atomic E-state index is 11.7. The number of nitrogens with zero attached hydrogens (tertiary/aromatic N) is 3. The van der Waals surface area contributed by atoms with Crippen LogP contribution in [-0.2, 0) is 16.0 Å². The lowest BCUT2D eigenvalue weighted by Crippen LogP contribution is -2.03. The van der Waals surface area contributed by atoms with Gasteiger partial charge in [0.1, 0.15) is 11.1 Å². The second kappa shape index (κ2) is 13.7. The molecule has 0 aliphatic carbocycles. The molecule has 0 aliphatic heterocycles. The standard InChI is InChI=1S/C26H9ClN4O2/c1-3-4-5-6-7-8-9-10-11-12-13-14-15-16-17-18-21-33-24(32)20-19-23-28-26-25(27)22(2)29-31(26)30-23/h1,29H,19-20H2,2H3. The number of carbonyl (C=O) groups is 1. The summed E-state index contributed by atoms with van der Waals surface area (Å²) in [6.45, 7) is 1.81. The number of fused-ring (bicyclic) bond motifs is 1.